The predicted molar refractivity (Wildman–Crippen MR) is 129 cm³/mol. The van der Waals surface area contributed by atoms with Crippen molar-refractivity contribution in [1.82, 2.24) is 10.2 Å². The maximum absolute atomic E-state index is 13.1. The fraction of sp³-hybridized carbons (Fsp3) is 0.192. The van der Waals surface area contributed by atoms with Gasteiger partial charge in [0.1, 0.15) is 5.82 Å². The average Bonchev–Trinajstić information content (AvgIpc) is 3.38. The largest absolute Gasteiger partial charge is 0.348 e. The van der Waals surface area contributed by atoms with E-state index in [1.54, 1.807) is 18.2 Å². The van der Waals surface area contributed by atoms with Crippen LogP contribution in [-0.4, -0.2) is 35.7 Å². The maximum atomic E-state index is 13.1. The number of anilines is 1. The van der Waals surface area contributed by atoms with Gasteiger partial charge in [0.15, 0.2) is 0 Å². The minimum absolute atomic E-state index is 0.0239. The van der Waals surface area contributed by atoms with Gasteiger partial charge in [0, 0.05) is 35.8 Å². The molecule has 1 saturated heterocycles. The molecule has 2 N–H and O–H groups in total. The molecule has 0 aliphatic carbocycles. The zero-order chi connectivity index (χ0) is 24.1. The molecule has 0 aromatic heterocycles. The summed E-state index contributed by atoms with van der Waals surface area (Å²) in [6.45, 7) is 1.82. The standard InChI is InChI=1S/C26H23ClFN3O3/c27-20-9-12-22(23(15-20)30-24(32)18-7-10-21(28)11-8-18)25(33)29-16-17-3-5-19(6-4-17)26(34)31-13-1-2-14-31/h3-12,15H,1-2,13-14,16H2,(H,29,33)(H,30,32). The number of nitrogens with zero attached hydrogens (tertiary/aromatic N) is 1. The second kappa shape index (κ2) is 10.5. The summed E-state index contributed by atoms with van der Waals surface area (Å²) in [7, 11) is 0. The molecule has 0 unspecified atom stereocenters. The summed E-state index contributed by atoms with van der Waals surface area (Å²) in [5.74, 6) is -1.32. The third-order valence-electron chi connectivity index (χ3n) is 5.63. The summed E-state index contributed by atoms with van der Waals surface area (Å²) in [6.07, 6.45) is 2.07. The highest BCUT2D eigenvalue weighted by Crippen LogP contribution is 2.22. The first kappa shape index (κ1) is 23.4. The van der Waals surface area contributed by atoms with Crippen LogP contribution in [0, 0.1) is 5.82 Å². The quantitative estimate of drug-likeness (QED) is 0.528. The van der Waals surface area contributed by atoms with E-state index in [4.69, 9.17) is 11.6 Å². The molecule has 0 radical (unpaired) electrons. The van der Waals surface area contributed by atoms with Crippen molar-refractivity contribution in [2.24, 2.45) is 0 Å². The number of rotatable bonds is 6. The summed E-state index contributed by atoms with van der Waals surface area (Å²) >= 11 is 6.07. The van der Waals surface area contributed by atoms with Gasteiger partial charge in [0.25, 0.3) is 17.7 Å². The van der Waals surface area contributed by atoms with Crippen LogP contribution >= 0.6 is 11.6 Å². The number of carbonyl (C=O) groups excluding carboxylic acids is 3. The van der Waals surface area contributed by atoms with Gasteiger partial charge >= 0.3 is 0 Å². The van der Waals surface area contributed by atoms with Gasteiger partial charge in [-0.25, -0.2) is 4.39 Å². The lowest BCUT2D eigenvalue weighted by Crippen LogP contribution is -2.27. The molecule has 3 amide bonds. The SMILES string of the molecule is O=C(Nc1cc(Cl)ccc1C(=O)NCc1ccc(C(=O)N2CCCC2)cc1)c1ccc(F)cc1. The maximum Gasteiger partial charge on any atom is 0.255 e. The number of hydrogen-bond donors (Lipinski definition) is 2. The van der Waals surface area contributed by atoms with E-state index in [9.17, 15) is 18.8 Å². The average molecular weight is 480 g/mol. The minimum Gasteiger partial charge on any atom is -0.348 e. The van der Waals surface area contributed by atoms with Crippen LogP contribution < -0.4 is 10.6 Å². The fourth-order valence-corrected chi connectivity index (χ4v) is 3.93. The van der Waals surface area contributed by atoms with Crippen molar-refractivity contribution in [2.45, 2.75) is 19.4 Å². The van der Waals surface area contributed by atoms with Gasteiger partial charge in [-0.1, -0.05) is 23.7 Å². The Labute approximate surface area is 201 Å². The lowest BCUT2D eigenvalue weighted by Gasteiger charge is -2.15. The Morgan fingerprint density at radius 3 is 2.18 bits per heavy atom. The van der Waals surface area contributed by atoms with Crippen molar-refractivity contribution < 1.29 is 18.8 Å². The monoisotopic (exact) mass is 479 g/mol. The van der Waals surface area contributed by atoms with Crippen LogP contribution in [0.1, 0.15) is 49.5 Å². The first-order valence-corrected chi connectivity index (χ1v) is 11.3. The van der Waals surface area contributed by atoms with Crippen molar-refractivity contribution in [3.63, 3.8) is 0 Å². The topological polar surface area (TPSA) is 78.5 Å². The first-order chi connectivity index (χ1) is 16.4. The molecule has 6 nitrogen and oxygen atoms in total. The van der Waals surface area contributed by atoms with Crippen LogP contribution in [0.4, 0.5) is 10.1 Å². The Morgan fingerprint density at radius 2 is 1.50 bits per heavy atom. The van der Waals surface area contributed by atoms with E-state index in [0.717, 1.165) is 31.5 Å². The third kappa shape index (κ3) is 5.61. The number of benzene rings is 3. The molecular formula is C26H23ClFN3O3. The number of nitrogens with one attached hydrogen (secondary N) is 2. The number of hydrogen-bond acceptors (Lipinski definition) is 3. The number of likely N-dealkylation sites (tertiary alicyclic amines) is 1. The van der Waals surface area contributed by atoms with Gasteiger partial charge in [0.05, 0.1) is 11.3 Å². The Balaban J connectivity index is 1.41. The summed E-state index contributed by atoms with van der Waals surface area (Å²) in [6, 6.07) is 16.8. The summed E-state index contributed by atoms with van der Waals surface area (Å²) in [5, 5.41) is 5.84. The molecule has 0 atom stereocenters. The summed E-state index contributed by atoms with van der Waals surface area (Å²) in [5.41, 5.74) is 2.18. The van der Waals surface area contributed by atoms with Crippen LogP contribution in [0.2, 0.25) is 5.02 Å². The molecule has 174 valence electrons. The molecule has 1 aliphatic rings. The van der Waals surface area contributed by atoms with Crippen molar-refractivity contribution in [2.75, 3.05) is 18.4 Å². The van der Waals surface area contributed by atoms with Crippen LogP contribution in [0.15, 0.2) is 66.7 Å². The molecule has 34 heavy (non-hydrogen) atoms. The molecule has 1 aliphatic heterocycles. The van der Waals surface area contributed by atoms with Crippen molar-refractivity contribution in [3.8, 4) is 0 Å². The van der Waals surface area contributed by atoms with Crippen molar-refractivity contribution >= 4 is 35.0 Å². The minimum atomic E-state index is -0.491. The zero-order valence-electron chi connectivity index (χ0n) is 18.3. The highest BCUT2D eigenvalue weighted by Gasteiger charge is 2.19. The number of carbonyl (C=O) groups is 3. The van der Waals surface area contributed by atoms with Crippen LogP contribution in [0.25, 0.3) is 0 Å². The zero-order valence-corrected chi connectivity index (χ0v) is 19.1. The van der Waals surface area contributed by atoms with Crippen LogP contribution in [-0.2, 0) is 6.54 Å². The highest BCUT2D eigenvalue weighted by atomic mass is 35.5. The molecular weight excluding hydrogens is 457 g/mol. The van der Waals surface area contributed by atoms with Crippen molar-refractivity contribution in [1.29, 1.82) is 0 Å². The Morgan fingerprint density at radius 1 is 0.853 bits per heavy atom. The van der Waals surface area contributed by atoms with E-state index in [1.807, 2.05) is 17.0 Å². The van der Waals surface area contributed by atoms with E-state index in [0.29, 0.717) is 10.6 Å². The summed E-state index contributed by atoms with van der Waals surface area (Å²) in [4.78, 5) is 39.7. The third-order valence-corrected chi connectivity index (χ3v) is 5.86. The van der Waals surface area contributed by atoms with Crippen LogP contribution in [0.3, 0.4) is 0 Å². The molecule has 1 heterocycles. The molecule has 8 heteroatoms. The molecule has 0 saturated carbocycles. The van der Waals surface area contributed by atoms with Gasteiger partial charge in [-0.05, 0) is 73.0 Å². The van der Waals surface area contributed by atoms with Gasteiger partial charge in [-0.15, -0.1) is 0 Å². The smallest absolute Gasteiger partial charge is 0.255 e. The van der Waals surface area contributed by atoms with Crippen LogP contribution in [0.5, 0.6) is 0 Å². The molecule has 3 aromatic carbocycles. The Kier molecular flexibility index (Phi) is 7.23. The molecule has 1 fully saturated rings. The van der Waals surface area contributed by atoms with Gasteiger partial charge in [0.2, 0.25) is 0 Å². The van der Waals surface area contributed by atoms with Gasteiger partial charge < -0.3 is 15.5 Å². The fourth-order valence-electron chi connectivity index (χ4n) is 3.76. The van der Waals surface area contributed by atoms with E-state index in [1.165, 1.54) is 36.4 Å². The molecule has 3 aromatic rings. The molecule has 0 bridgehead atoms. The Bertz CT molecular complexity index is 1210. The highest BCUT2D eigenvalue weighted by molar-refractivity contribution is 6.31. The van der Waals surface area contributed by atoms with Gasteiger partial charge in [-0.3, -0.25) is 14.4 Å². The summed E-state index contributed by atoms with van der Waals surface area (Å²) < 4.78 is 13.1. The lowest BCUT2D eigenvalue weighted by molar-refractivity contribution is 0.0792. The van der Waals surface area contributed by atoms with E-state index >= 15 is 0 Å². The second-order valence-corrected chi connectivity index (χ2v) is 8.47. The van der Waals surface area contributed by atoms with Gasteiger partial charge in [-0.2, -0.15) is 0 Å². The molecule has 0 spiro atoms. The number of halogens is 2. The second-order valence-electron chi connectivity index (χ2n) is 8.03. The number of amides is 3. The normalized spacial score (nSPS) is 12.9. The Hall–Kier alpha value is -3.71. The lowest BCUT2D eigenvalue weighted by atomic mass is 10.1. The first-order valence-electron chi connectivity index (χ1n) is 10.9. The van der Waals surface area contributed by atoms with E-state index in [2.05, 4.69) is 10.6 Å². The van der Waals surface area contributed by atoms with Crippen molar-refractivity contribution in [3.05, 3.63) is 99.8 Å². The van der Waals surface area contributed by atoms with E-state index in [-0.39, 0.29) is 29.3 Å². The molecule has 4 rings (SSSR count). The predicted octanol–water partition coefficient (Wildman–Crippen LogP) is 4.90. The van der Waals surface area contributed by atoms with E-state index < -0.39 is 17.6 Å².